The van der Waals surface area contributed by atoms with Crippen molar-refractivity contribution in [2.75, 3.05) is 26.8 Å². The number of hydrogen-bond donors (Lipinski definition) is 0. The van der Waals surface area contributed by atoms with Crippen LogP contribution in [0.3, 0.4) is 0 Å². The van der Waals surface area contributed by atoms with Crippen molar-refractivity contribution < 1.29 is 19.1 Å². The van der Waals surface area contributed by atoms with Gasteiger partial charge in [-0.2, -0.15) is 0 Å². The van der Waals surface area contributed by atoms with Gasteiger partial charge in [0.2, 0.25) is 5.91 Å². The van der Waals surface area contributed by atoms with Crippen LogP contribution in [0.2, 0.25) is 0 Å². The molecular weight excluding hydrogens is 258 g/mol. The minimum Gasteiger partial charge on any atom is -0.469 e. The minimum atomic E-state index is -0.295. The average molecular weight is 283 g/mol. The second-order valence-electron chi connectivity index (χ2n) is 6.93. The molecular formula is C15H25NO4. The van der Waals surface area contributed by atoms with Gasteiger partial charge in [-0.15, -0.1) is 0 Å². The lowest BCUT2D eigenvalue weighted by Crippen LogP contribution is -2.47. The van der Waals surface area contributed by atoms with Gasteiger partial charge in [0.1, 0.15) is 0 Å². The van der Waals surface area contributed by atoms with Crippen molar-refractivity contribution in [3.8, 4) is 0 Å². The topological polar surface area (TPSA) is 55.8 Å². The summed E-state index contributed by atoms with van der Waals surface area (Å²) in [7, 11) is 1.36. The van der Waals surface area contributed by atoms with E-state index in [4.69, 9.17) is 4.74 Å². The molecule has 0 aromatic rings. The first-order chi connectivity index (χ1) is 9.21. The molecule has 5 nitrogen and oxygen atoms in total. The fourth-order valence-corrected chi connectivity index (χ4v) is 3.31. The van der Waals surface area contributed by atoms with Crippen molar-refractivity contribution in [2.24, 2.45) is 16.7 Å². The molecule has 0 aromatic carbocycles. The maximum absolute atomic E-state index is 12.6. The SMILES string of the molecule is COC(=O)CC1CN(C(=O)C2C(C)(C)C2(C)C)CCO1. The molecule has 0 bridgehead atoms. The molecule has 5 heteroatoms. The van der Waals surface area contributed by atoms with Gasteiger partial charge < -0.3 is 14.4 Å². The van der Waals surface area contributed by atoms with E-state index in [1.165, 1.54) is 7.11 Å². The van der Waals surface area contributed by atoms with Crippen LogP contribution in [-0.4, -0.2) is 49.7 Å². The Hall–Kier alpha value is -1.10. The number of hydrogen-bond acceptors (Lipinski definition) is 4. The third-order valence-electron chi connectivity index (χ3n) is 5.34. The van der Waals surface area contributed by atoms with Crippen LogP contribution in [-0.2, 0) is 19.1 Å². The van der Waals surface area contributed by atoms with E-state index in [2.05, 4.69) is 32.4 Å². The summed E-state index contributed by atoms with van der Waals surface area (Å²) in [5, 5.41) is 0. The maximum atomic E-state index is 12.6. The Balaban J connectivity index is 1.96. The van der Waals surface area contributed by atoms with Crippen LogP contribution in [0.5, 0.6) is 0 Å². The molecule has 2 aliphatic rings. The zero-order valence-corrected chi connectivity index (χ0v) is 13.1. The Labute approximate surface area is 120 Å². The predicted molar refractivity (Wildman–Crippen MR) is 74.0 cm³/mol. The number of amides is 1. The summed E-state index contributed by atoms with van der Waals surface area (Å²) in [5.74, 6) is -0.0403. The zero-order valence-electron chi connectivity index (χ0n) is 13.1. The van der Waals surface area contributed by atoms with Gasteiger partial charge in [0.25, 0.3) is 0 Å². The summed E-state index contributed by atoms with van der Waals surface area (Å²) in [6.07, 6.45) is -0.0392. The van der Waals surface area contributed by atoms with Crippen LogP contribution in [0.1, 0.15) is 34.1 Å². The Kier molecular flexibility index (Phi) is 3.84. The van der Waals surface area contributed by atoms with Gasteiger partial charge in [0, 0.05) is 19.0 Å². The molecule has 2 fully saturated rings. The molecule has 1 aliphatic carbocycles. The van der Waals surface area contributed by atoms with Gasteiger partial charge in [0.15, 0.2) is 0 Å². The first-order valence-electron chi connectivity index (χ1n) is 7.19. The molecule has 1 saturated heterocycles. The van der Waals surface area contributed by atoms with E-state index in [-0.39, 0.29) is 41.1 Å². The first-order valence-corrected chi connectivity index (χ1v) is 7.19. The highest BCUT2D eigenvalue weighted by Gasteiger charge is 2.68. The van der Waals surface area contributed by atoms with Gasteiger partial charge in [-0.05, 0) is 10.8 Å². The standard InChI is InChI=1S/C15H25NO4/c1-14(2)12(15(14,3)4)13(18)16-6-7-20-10(9-16)8-11(17)19-5/h10,12H,6-9H2,1-5H3. The van der Waals surface area contributed by atoms with Crippen LogP contribution in [0.4, 0.5) is 0 Å². The lowest BCUT2D eigenvalue weighted by Gasteiger charge is -2.33. The van der Waals surface area contributed by atoms with E-state index in [9.17, 15) is 9.59 Å². The number of esters is 1. The Morgan fingerprint density at radius 2 is 1.85 bits per heavy atom. The molecule has 1 heterocycles. The molecule has 1 amide bonds. The van der Waals surface area contributed by atoms with E-state index in [1.54, 1.807) is 0 Å². The summed E-state index contributed by atoms with van der Waals surface area (Å²) in [4.78, 5) is 25.8. The lowest BCUT2D eigenvalue weighted by molar-refractivity contribution is -0.151. The normalized spacial score (nSPS) is 28.1. The van der Waals surface area contributed by atoms with Crippen molar-refractivity contribution in [2.45, 2.75) is 40.2 Å². The van der Waals surface area contributed by atoms with Crippen LogP contribution >= 0.6 is 0 Å². The van der Waals surface area contributed by atoms with Crippen LogP contribution in [0, 0.1) is 16.7 Å². The van der Waals surface area contributed by atoms with E-state index in [0.717, 1.165) is 0 Å². The number of methoxy groups -OCH3 is 1. The summed E-state index contributed by atoms with van der Waals surface area (Å²) < 4.78 is 10.2. The fourth-order valence-electron chi connectivity index (χ4n) is 3.31. The second-order valence-corrected chi connectivity index (χ2v) is 6.93. The van der Waals surface area contributed by atoms with Crippen LogP contribution < -0.4 is 0 Å². The Morgan fingerprint density at radius 1 is 1.25 bits per heavy atom. The largest absolute Gasteiger partial charge is 0.469 e. The number of carbonyl (C=O) groups excluding carboxylic acids is 2. The quantitative estimate of drug-likeness (QED) is 0.736. The Morgan fingerprint density at radius 3 is 2.35 bits per heavy atom. The third-order valence-corrected chi connectivity index (χ3v) is 5.34. The van der Waals surface area contributed by atoms with Gasteiger partial charge >= 0.3 is 5.97 Å². The molecule has 0 radical (unpaired) electrons. The number of rotatable bonds is 3. The number of nitrogens with zero attached hydrogens (tertiary/aromatic N) is 1. The molecule has 0 aromatic heterocycles. The summed E-state index contributed by atoms with van der Waals surface area (Å²) in [6.45, 7) is 10.1. The van der Waals surface area contributed by atoms with Crippen molar-refractivity contribution in [1.82, 2.24) is 4.90 Å². The highest BCUT2D eigenvalue weighted by molar-refractivity contribution is 5.84. The lowest BCUT2D eigenvalue weighted by atomic mass is 10.0. The molecule has 2 rings (SSSR count). The number of carbonyl (C=O) groups is 2. The van der Waals surface area contributed by atoms with Gasteiger partial charge in [-0.3, -0.25) is 9.59 Å². The monoisotopic (exact) mass is 283 g/mol. The van der Waals surface area contributed by atoms with Gasteiger partial charge in [0.05, 0.1) is 26.2 Å². The number of morpholine rings is 1. The van der Waals surface area contributed by atoms with Crippen molar-refractivity contribution in [3.05, 3.63) is 0 Å². The minimum absolute atomic E-state index is 0.0419. The highest BCUT2D eigenvalue weighted by Crippen LogP contribution is 2.68. The molecule has 1 unspecified atom stereocenters. The van der Waals surface area contributed by atoms with Crippen molar-refractivity contribution >= 4 is 11.9 Å². The van der Waals surface area contributed by atoms with Gasteiger partial charge in [-0.25, -0.2) is 0 Å². The third kappa shape index (κ3) is 2.43. The Bertz CT molecular complexity index is 402. The predicted octanol–water partition coefficient (Wildman–Crippen LogP) is 1.46. The molecule has 114 valence electrons. The average Bonchev–Trinajstić information content (AvgIpc) is 2.79. The van der Waals surface area contributed by atoms with Crippen molar-refractivity contribution in [3.63, 3.8) is 0 Å². The van der Waals surface area contributed by atoms with Crippen molar-refractivity contribution in [1.29, 1.82) is 0 Å². The number of ether oxygens (including phenoxy) is 2. The van der Waals surface area contributed by atoms with Crippen LogP contribution in [0.15, 0.2) is 0 Å². The van der Waals surface area contributed by atoms with E-state index >= 15 is 0 Å². The molecule has 20 heavy (non-hydrogen) atoms. The van der Waals surface area contributed by atoms with E-state index in [1.807, 2.05) is 4.90 Å². The molecule has 1 atom stereocenters. The highest BCUT2D eigenvalue weighted by atomic mass is 16.5. The van der Waals surface area contributed by atoms with E-state index in [0.29, 0.717) is 19.7 Å². The second kappa shape index (κ2) is 5.02. The molecule has 0 spiro atoms. The summed E-state index contributed by atoms with van der Waals surface area (Å²) in [6, 6.07) is 0. The fraction of sp³-hybridized carbons (Fsp3) is 0.867. The van der Waals surface area contributed by atoms with Crippen LogP contribution in [0.25, 0.3) is 0 Å². The van der Waals surface area contributed by atoms with Gasteiger partial charge in [-0.1, -0.05) is 27.7 Å². The molecule has 0 N–H and O–H groups in total. The maximum Gasteiger partial charge on any atom is 0.308 e. The first kappa shape index (κ1) is 15.3. The molecule has 1 aliphatic heterocycles. The zero-order chi connectivity index (χ0) is 15.1. The molecule has 1 saturated carbocycles. The summed E-state index contributed by atoms with van der Waals surface area (Å²) >= 11 is 0. The smallest absolute Gasteiger partial charge is 0.308 e. The summed E-state index contributed by atoms with van der Waals surface area (Å²) in [5.41, 5.74) is 0.0838. The van der Waals surface area contributed by atoms with E-state index < -0.39 is 0 Å².